The number of primary amides is 1. The van der Waals surface area contributed by atoms with Gasteiger partial charge in [0.05, 0.1) is 25.0 Å². The molecule has 9 nitrogen and oxygen atoms in total. The number of benzene rings is 1. The van der Waals surface area contributed by atoms with Gasteiger partial charge in [0.15, 0.2) is 6.61 Å². The standard InChI is InChI=1S/C29H32ClF4N3O6/c1-15(2)42-8-7-23(28(40)36-22-12-21(31)20(27(35)39)9-16(22)3)37-13-25(41-4)19(11-26(37)38)18-10-17(30)5-6-24(18)43-14-29(32,33)34/h5-6,10-13,15-16,23H,7-9,14H2,1-4H3,(H2,35,39)(H,36,40). The van der Waals surface area contributed by atoms with Crippen LogP contribution in [0.2, 0.25) is 5.02 Å². The zero-order chi connectivity index (χ0) is 32.1. The van der Waals surface area contributed by atoms with E-state index in [1.54, 1.807) is 20.8 Å². The highest BCUT2D eigenvalue weighted by atomic mass is 35.5. The highest BCUT2D eigenvalue weighted by Gasteiger charge is 2.31. The molecule has 2 aromatic rings. The van der Waals surface area contributed by atoms with Gasteiger partial charge in [0, 0.05) is 46.9 Å². The van der Waals surface area contributed by atoms with Crippen molar-refractivity contribution in [2.45, 2.75) is 51.9 Å². The molecule has 0 radical (unpaired) electrons. The molecule has 2 atom stereocenters. The first-order valence-corrected chi connectivity index (χ1v) is 13.6. The molecular formula is C29H32ClF4N3O6. The number of pyridine rings is 1. The third kappa shape index (κ3) is 8.83. The first-order chi connectivity index (χ1) is 20.1. The quantitative estimate of drug-likeness (QED) is 0.311. The molecule has 0 aliphatic heterocycles. The van der Waals surface area contributed by atoms with Crippen LogP contribution < -0.4 is 26.1 Å². The summed E-state index contributed by atoms with van der Waals surface area (Å²) >= 11 is 6.11. The summed E-state index contributed by atoms with van der Waals surface area (Å²) in [7, 11) is 1.28. The number of aromatic nitrogens is 1. The van der Waals surface area contributed by atoms with Crippen molar-refractivity contribution in [3.8, 4) is 22.6 Å². The summed E-state index contributed by atoms with van der Waals surface area (Å²) in [6.07, 6.45) is -2.54. The van der Waals surface area contributed by atoms with Gasteiger partial charge in [-0.25, -0.2) is 4.39 Å². The molecule has 1 aliphatic carbocycles. The Morgan fingerprint density at radius 1 is 1.19 bits per heavy atom. The molecule has 2 amide bonds. The number of methoxy groups -OCH3 is 1. The Balaban J connectivity index is 2.05. The number of halogens is 5. The van der Waals surface area contributed by atoms with Crippen LogP contribution >= 0.6 is 11.6 Å². The molecular weight excluding hydrogens is 598 g/mol. The second kappa shape index (κ2) is 14.1. The maximum absolute atomic E-state index is 14.5. The number of hydrogen-bond donors (Lipinski definition) is 2. The van der Waals surface area contributed by atoms with Crippen LogP contribution in [-0.4, -0.2) is 49.0 Å². The van der Waals surface area contributed by atoms with Crippen LogP contribution in [0.3, 0.4) is 0 Å². The van der Waals surface area contributed by atoms with Crippen molar-refractivity contribution >= 4 is 23.4 Å². The highest BCUT2D eigenvalue weighted by Crippen LogP contribution is 2.38. The number of rotatable bonds is 12. The van der Waals surface area contributed by atoms with Crippen LogP contribution in [0.25, 0.3) is 11.1 Å². The van der Waals surface area contributed by atoms with Crippen LogP contribution in [0.15, 0.2) is 58.4 Å². The fourth-order valence-corrected chi connectivity index (χ4v) is 4.61. The molecule has 3 N–H and O–H groups in total. The summed E-state index contributed by atoms with van der Waals surface area (Å²) in [5.41, 5.74) is 4.68. The normalized spacial score (nSPS) is 16.1. The summed E-state index contributed by atoms with van der Waals surface area (Å²) in [5.74, 6) is -3.07. The monoisotopic (exact) mass is 629 g/mol. The van der Waals surface area contributed by atoms with Gasteiger partial charge < -0.3 is 25.3 Å². The molecule has 1 aromatic heterocycles. The molecule has 0 fully saturated rings. The molecule has 43 heavy (non-hydrogen) atoms. The average Bonchev–Trinajstić information content (AvgIpc) is 2.91. The Morgan fingerprint density at radius 3 is 2.47 bits per heavy atom. The van der Waals surface area contributed by atoms with Crippen LogP contribution in [-0.2, 0) is 14.3 Å². The van der Waals surface area contributed by atoms with E-state index in [1.165, 1.54) is 31.5 Å². The SMILES string of the molecule is COc1cn(C(CCOC(C)C)C(=O)NC2=CC(F)=C(C(N)=O)CC2C)c(=O)cc1-c1cc(Cl)ccc1OCC(F)(F)F. The number of hydrogen-bond acceptors (Lipinski definition) is 6. The number of nitrogens with two attached hydrogens (primary N) is 1. The van der Waals surface area contributed by atoms with E-state index >= 15 is 0 Å². The molecule has 3 rings (SSSR count). The third-order valence-electron chi connectivity index (χ3n) is 6.54. The number of ether oxygens (including phenoxy) is 3. The fourth-order valence-electron chi connectivity index (χ4n) is 4.44. The topological polar surface area (TPSA) is 122 Å². The predicted molar refractivity (Wildman–Crippen MR) is 151 cm³/mol. The third-order valence-corrected chi connectivity index (χ3v) is 6.78. The van der Waals surface area contributed by atoms with E-state index in [1.807, 2.05) is 0 Å². The molecule has 1 aliphatic rings. The lowest BCUT2D eigenvalue weighted by Gasteiger charge is -2.26. The lowest BCUT2D eigenvalue weighted by Crippen LogP contribution is -2.39. The van der Waals surface area contributed by atoms with Gasteiger partial charge in [-0.2, -0.15) is 13.2 Å². The molecule has 0 bridgehead atoms. The van der Waals surface area contributed by atoms with E-state index < -0.39 is 47.9 Å². The summed E-state index contributed by atoms with van der Waals surface area (Å²) in [4.78, 5) is 38.6. The summed E-state index contributed by atoms with van der Waals surface area (Å²) in [6.45, 7) is 3.76. The second-order valence-electron chi connectivity index (χ2n) is 10.2. The highest BCUT2D eigenvalue weighted by molar-refractivity contribution is 6.31. The zero-order valence-electron chi connectivity index (χ0n) is 23.9. The van der Waals surface area contributed by atoms with Crippen LogP contribution in [0, 0.1) is 5.92 Å². The number of nitrogens with zero attached hydrogens (tertiary/aromatic N) is 1. The molecule has 1 heterocycles. The van der Waals surface area contributed by atoms with Gasteiger partial charge in [-0.05, 0) is 44.5 Å². The Kier molecular flexibility index (Phi) is 11.0. The molecule has 0 spiro atoms. The largest absolute Gasteiger partial charge is 0.495 e. The number of nitrogens with one attached hydrogen (secondary N) is 1. The summed E-state index contributed by atoms with van der Waals surface area (Å²) in [6, 6.07) is 3.83. The van der Waals surface area contributed by atoms with Crippen molar-refractivity contribution in [1.29, 1.82) is 0 Å². The van der Waals surface area contributed by atoms with Gasteiger partial charge in [-0.3, -0.25) is 19.0 Å². The Morgan fingerprint density at radius 2 is 1.86 bits per heavy atom. The van der Waals surface area contributed by atoms with Crippen LogP contribution in [0.1, 0.15) is 39.7 Å². The molecule has 0 saturated carbocycles. The minimum atomic E-state index is -4.62. The molecule has 14 heteroatoms. The van der Waals surface area contributed by atoms with Crippen molar-refractivity contribution in [3.63, 3.8) is 0 Å². The van der Waals surface area contributed by atoms with Crippen molar-refractivity contribution < 1.29 is 41.4 Å². The van der Waals surface area contributed by atoms with Gasteiger partial charge >= 0.3 is 6.18 Å². The van der Waals surface area contributed by atoms with Crippen LogP contribution in [0.4, 0.5) is 17.6 Å². The number of amides is 2. The number of allylic oxidation sites excluding steroid dienone is 3. The summed E-state index contributed by atoms with van der Waals surface area (Å²) < 4.78 is 70.3. The Hall–Kier alpha value is -3.84. The van der Waals surface area contributed by atoms with Crippen molar-refractivity contribution in [2.75, 3.05) is 20.3 Å². The van der Waals surface area contributed by atoms with Gasteiger partial charge in [0.2, 0.25) is 11.8 Å². The molecule has 234 valence electrons. The molecule has 1 aromatic carbocycles. The van der Waals surface area contributed by atoms with E-state index in [0.29, 0.717) is 0 Å². The van der Waals surface area contributed by atoms with E-state index in [4.69, 9.17) is 31.5 Å². The molecule has 0 saturated heterocycles. The van der Waals surface area contributed by atoms with E-state index in [-0.39, 0.29) is 64.5 Å². The van der Waals surface area contributed by atoms with Gasteiger partial charge in [0.1, 0.15) is 23.4 Å². The van der Waals surface area contributed by atoms with Crippen molar-refractivity contribution in [1.82, 2.24) is 9.88 Å². The Bertz CT molecular complexity index is 1490. The number of carbonyl (C=O) groups excluding carboxylic acids is 2. The van der Waals surface area contributed by atoms with E-state index in [2.05, 4.69) is 5.32 Å². The van der Waals surface area contributed by atoms with Gasteiger partial charge in [-0.15, -0.1) is 0 Å². The first-order valence-electron chi connectivity index (χ1n) is 13.2. The lowest BCUT2D eigenvalue weighted by molar-refractivity contribution is -0.153. The second-order valence-corrected chi connectivity index (χ2v) is 10.6. The maximum atomic E-state index is 14.5. The lowest BCUT2D eigenvalue weighted by atomic mass is 9.91. The predicted octanol–water partition coefficient (Wildman–Crippen LogP) is 5.22. The van der Waals surface area contributed by atoms with Crippen molar-refractivity contribution in [3.05, 3.63) is 69.0 Å². The van der Waals surface area contributed by atoms with Gasteiger partial charge in [-0.1, -0.05) is 18.5 Å². The Labute approximate surface area is 250 Å². The number of alkyl halides is 3. The minimum absolute atomic E-state index is 0.0239. The minimum Gasteiger partial charge on any atom is -0.495 e. The van der Waals surface area contributed by atoms with Gasteiger partial charge in [0.25, 0.3) is 5.56 Å². The van der Waals surface area contributed by atoms with E-state index in [0.717, 1.165) is 16.7 Å². The zero-order valence-corrected chi connectivity index (χ0v) is 24.6. The van der Waals surface area contributed by atoms with E-state index in [9.17, 15) is 31.9 Å². The maximum Gasteiger partial charge on any atom is 0.422 e. The first kappa shape index (κ1) is 33.7. The molecule has 2 unspecified atom stereocenters. The van der Waals surface area contributed by atoms with Crippen LogP contribution in [0.5, 0.6) is 11.5 Å². The smallest absolute Gasteiger partial charge is 0.422 e. The fraction of sp³-hybridized carbons (Fsp3) is 0.414. The summed E-state index contributed by atoms with van der Waals surface area (Å²) in [5, 5.41) is 2.82. The average molecular weight is 630 g/mol. The number of carbonyl (C=O) groups is 2. The van der Waals surface area contributed by atoms with Crippen molar-refractivity contribution in [2.24, 2.45) is 11.7 Å².